The molecular formula is C9H7BrFN3. The molecule has 0 saturated carbocycles. The van der Waals surface area contributed by atoms with Crippen LogP contribution in [0.3, 0.4) is 0 Å². The minimum atomic E-state index is -0.272. The summed E-state index contributed by atoms with van der Waals surface area (Å²) in [5.41, 5.74) is 1.52. The molecule has 2 rings (SSSR count). The summed E-state index contributed by atoms with van der Waals surface area (Å²) in [6, 6.07) is 4.72. The van der Waals surface area contributed by atoms with E-state index in [0.717, 1.165) is 5.56 Å². The molecule has 2 aromatic rings. The van der Waals surface area contributed by atoms with Crippen molar-refractivity contribution in [2.24, 2.45) is 0 Å². The smallest absolute Gasteiger partial charge is 0.217 e. The molecule has 0 aliphatic carbocycles. The maximum absolute atomic E-state index is 13.0. The van der Waals surface area contributed by atoms with Crippen LogP contribution < -0.4 is 0 Å². The third kappa shape index (κ3) is 1.82. The highest BCUT2D eigenvalue weighted by molar-refractivity contribution is 9.10. The Labute approximate surface area is 88.7 Å². The molecule has 0 saturated heterocycles. The number of benzene rings is 1. The Morgan fingerprint density at radius 2 is 2.14 bits per heavy atom. The van der Waals surface area contributed by atoms with Gasteiger partial charge in [-0.2, -0.15) is 0 Å². The van der Waals surface area contributed by atoms with Gasteiger partial charge in [0.05, 0.1) is 5.69 Å². The first-order valence-corrected chi connectivity index (χ1v) is 4.79. The highest BCUT2D eigenvalue weighted by Gasteiger charge is 2.02. The van der Waals surface area contributed by atoms with E-state index in [0.29, 0.717) is 10.4 Å². The molecule has 0 unspecified atom stereocenters. The van der Waals surface area contributed by atoms with Gasteiger partial charge in [0.2, 0.25) is 4.73 Å². The fourth-order valence-corrected chi connectivity index (χ4v) is 1.48. The van der Waals surface area contributed by atoms with E-state index in [-0.39, 0.29) is 5.82 Å². The molecule has 0 N–H and O–H groups in total. The number of hydrogen-bond donors (Lipinski definition) is 0. The van der Waals surface area contributed by atoms with Crippen LogP contribution in [0, 0.1) is 12.7 Å². The average Bonchev–Trinajstić information content (AvgIpc) is 2.50. The lowest BCUT2D eigenvalue weighted by Crippen LogP contribution is -1.96. The van der Waals surface area contributed by atoms with Crippen LogP contribution in [0.25, 0.3) is 5.69 Å². The lowest BCUT2D eigenvalue weighted by molar-refractivity contribution is 0.624. The van der Waals surface area contributed by atoms with Crippen molar-refractivity contribution >= 4 is 15.9 Å². The summed E-state index contributed by atoms with van der Waals surface area (Å²) in [6.45, 7) is 1.83. The molecule has 5 heteroatoms. The minimum absolute atomic E-state index is 0.272. The first-order chi connectivity index (χ1) is 6.65. The number of aromatic nitrogens is 3. The summed E-state index contributed by atoms with van der Waals surface area (Å²) < 4.78 is 15.0. The van der Waals surface area contributed by atoms with Gasteiger partial charge in [0, 0.05) is 0 Å². The van der Waals surface area contributed by atoms with E-state index in [4.69, 9.17) is 0 Å². The maximum Gasteiger partial charge on any atom is 0.217 e. The Bertz CT molecular complexity index is 447. The van der Waals surface area contributed by atoms with Crippen molar-refractivity contribution in [3.63, 3.8) is 0 Å². The van der Waals surface area contributed by atoms with Crippen molar-refractivity contribution in [1.82, 2.24) is 14.8 Å². The Morgan fingerprint density at radius 1 is 1.36 bits per heavy atom. The molecule has 1 heterocycles. The number of hydrogen-bond acceptors (Lipinski definition) is 2. The van der Waals surface area contributed by atoms with E-state index in [1.54, 1.807) is 0 Å². The van der Waals surface area contributed by atoms with Crippen molar-refractivity contribution < 1.29 is 4.39 Å². The molecule has 72 valence electrons. The second-order valence-electron chi connectivity index (χ2n) is 2.94. The molecule has 0 fully saturated rings. The van der Waals surface area contributed by atoms with Crippen molar-refractivity contribution in [2.45, 2.75) is 6.92 Å². The monoisotopic (exact) mass is 255 g/mol. The van der Waals surface area contributed by atoms with Crippen LogP contribution in [-0.2, 0) is 0 Å². The topological polar surface area (TPSA) is 30.7 Å². The zero-order valence-electron chi connectivity index (χ0n) is 7.41. The molecule has 0 bridgehead atoms. The van der Waals surface area contributed by atoms with Gasteiger partial charge in [-0.05, 0) is 46.6 Å². The first kappa shape index (κ1) is 9.33. The van der Waals surface area contributed by atoms with E-state index in [2.05, 4.69) is 26.0 Å². The largest absolute Gasteiger partial charge is 0.220 e. The van der Waals surface area contributed by atoms with Gasteiger partial charge in [-0.15, -0.1) is 5.10 Å². The van der Waals surface area contributed by atoms with Crippen LogP contribution in [0.1, 0.15) is 5.56 Å². The van der Waals surface area contributed by atoms with E-state index >= 15 is 0 Å². The predicted octanol–water partition coefficient (Wildman–Crippen LogP) is 2.48. The highest BCUT2D eigenvalue weighted by Crippen LogP contribution is 2.12. The van der Waals surface area contributed by atoms with Crippen LogP contribution in [0.2, 0.25) is 0 Å². The molecule has 0 aliphatic rings. The average molecular weight is 256 g/mol. The van der Waals surface area contributed by atoms with Crippen LogP contribution in [0.5, 0.6) is 0 Å². The number of nitrogens with zero attached hydrogens (tertiary/aromatic N) is 3. The molecule has 0 amide bonds. The quantitative estimate of drug-likeness (QED) is 0.784. The van der Waals surface area contributed by atoms with E-state index in [1.165, 1.54) is 23.1 Å². The van der Waals surface area contributed by atoms with Crippen LogP contribution in [0.15, 0.2) is 29.3 Å². The van der Waals surface area contributed by atoms with E-state index in [9.17, 15) is 4.39 Å². The standard InChI is InChI=1S/C9H7BrFN3/c1-6-2-7(11)4-8(3-6)14-5-12-9(10)13-14/h2-5H,1H3. The summed E-state index contributed by atoms with van der Waals surface area (Å²) in [6.07, 6.45) is 1.53. The van der Waals surface area contributed by atoms with Crippen LogP contribution >= 0.6 is 15.9 Å². The molecular weight excluding hydrogens is 249 g/mol. The second-order valence-corrected chi connectivity index (χ2v) is 3.65. The molecule has 1 aromatic heterocycles. The summed E-state index contributed by atoms with van der Waals surface area (Å²) in [4.78, 5) is 3.90. The van der Waals surface area contributed by atoms with E-state index < -0.39 is 0 Å². The minimum Gasteiger partial charge on any atom is -0.220 e. The maximum atomic E-state index is 13.0. The van der Waals surface area contributed by atoms with Gasteiger partial charge < -0.3 is 0 Å². The van der Waals surface area contributed by atoms with Crippen LogP contribution in [0.4, 0.5) is 4.39 Å². The Balaban J connectivity index is 2.51. The molecule has 14 heavy (non-hydrogen) atoms. The van der Waals surface area contributed by atoms with Crippen molar-refractivity contribution in [1.29, 1.82) is 0 Å². The molecule has 0 radical (unpaired) electrons. The summed E-state index contributed by atoms with van der Waals surface area (Å²) in [5.74, 6) is -0.272. The van der Waals surface area contributed by atoms with Gasteiger partial charge in [-0.3, -0.25) is 0 Å². The summed E-state index contributed by atoms with van der Waals surface area (Å²) in [7, 11) is 0. The normalized spacial score (nSPS) is 10.5. The third-order valence-electron chi connectivity index (χ3n) is 1.76. The molecule has 0 spiro atoms. The van der Waals surface area contributed by atoms with E-state index in [1.807, 2.05) is 13.0 Å². The highest BCUT2D eigenvalue weighted by atomic mass is 79.9. The lowest BCUT2D eigenvalue weighted by Gasteiger charge is -2.01. The molecule has 1 aromatic carbocycles. The molecule has 3 nitrogen and oxygen atoms in total. The first-order valence-electron chi connectivity index (χ1n) is 4.00. The Morgan fingerprint density at radius 3 is 2.71 bits per heavy atom. The van der Waals surface area contributed by atoms with Crippen molar-refractivity contribution in [3.8, 4) is 5.69 Å². The fourth-order valence-electron chi connectivity index (χ4n) is 1.22. The fraction of sp³-hybridized carbons (Fsp3) is 0.111. The Hall–Kier alpha value is -1.23. The molecule has 0 aliphatic heterocycles. The summed E-state index contributed by atoms with van der Waals surface area (Å²) in [5, 5.41) is 4.02. The van der Waals surface area contributed by atoms with Gasteiger partial charge in [-0.1, -0.05) is 0 Å². The number of aryl methyl sites for hydroxylation is 1. The second kappa shape index (κ2) is 3.49. The molecule has 0 atom stereocenters. The SMILES string of the molecule is Cc1cc(F)cc(-n2cnc(Br)n2)c1. The van der Waals surface area contributed by atoms with Crippen molar-refractivity contribution in [2.75, 3.05) is 0 Å². The van der Waals surface area contributed by atoms with Gasteiger partial charge in [0.25, 0.3) is 0 Å². The van der Waals surface area contributed by atoms with Gasteiger partial charge in [0.1, 0.15) is 12.1 Å². The zero-order valence-corrected chi connectivity index (χ0v) is 8.99. The Kier molecular flexibility index (Phi) is 2.33. The van der Waals surface area contributed by atoms with Gasteiger partial charge in [-0.25, -0.2) is 14.1 Å². The summed E-state index contributed by atoms with van der Waals surface area (Å²) >= 11 is 3.13. The number of rotatable bonds is 1. The predicted molar refractivity (Wildman–Crippen MR) is 53.8 cm³/mol. The lowest BCUT2D eigenvalue weighted by atomic mass is 10.2. The van der Waals surface area contributed by atoms with Crippen molar-refractivity contribution in [3.05, 3.63) is 40.6 Å². The van der Waals surface area contributed by atoms with Gasteiger partial charge in [0.15, 0.2) is 0 Å². The zero-order chi connectivity index (χ0) is 10.1. The van der Waals surface area contributed by atoms with Crippen LogP contribution in [-0.4, -0.2) is 14.8 Å². The third-order valence-corrected chi connectivity index (χ3v) is 2.12. The number of halogens is 2. The van der Waals surface area contributed by atoms with Gasteiger partial charge >= 0.3 is 0 Å².